The molecule has 0 saturated heterocycles. The lowest BCUT2D eigenvalue weighted by Crippen LogP contribution is -2.19. The van der Waals surface area contributed by atoms with Crippen LogP contribution in [0.5, 0.6) is 0 Å². The fourth-order valence-electron chi connectivity index (χ4n) is 1.23. The van der Waals surface area contributed by atoms with Crippen molar-refractivity contribution >= 4 is 5.91 Å². The molecule has 1 rings (SSSR count). The van der Waals surface area contributed by atoms with E-state index in [0.717, 1.165) is 16.7 Å². The minimum Gasteiger partial charge on any atom is -0.392 e. The molecule has 2 N–H and O–H groups in total. The number of aliphatic hydroxyl groups is 1. The summed E-state index contributed by atoms with van der Waals surface area (Å²) < 4.78 is 0. The van der Waals surface area contributed by atoms with Crippen LogP contribution in [-0.2, 0) is 11.4 Å². The van der Waals surface area contributed by atoms with Gasteiger partial charge < -0.3 is 10.4 Å². The van der Waals surface area contributed by atoms with Crippen molar-refractivity contribution in [1.29, 1.82) is 0 Å². The first kappa shape index (κ1) is 12.3. The molecule has 0 aromatic heterocycles. The molecule has 0 fully saturated rings. The van der Waals surface area contributed by atoms with E-state index < -0.39 is 0 Å². The Labute approximate surface area is 95.5 Å². The third-order valence-electron chi connectivity index (χ3n) is 2.18. The highest BCUT2D eigenvalue weighted by atomic mass is 16.3. The van der Waals surface area contributed by atoms with Crippen LogP contribution in [0.4, 0.5) is 0 Å². The first-order valence-corrected chi connectivity index (χ1v) is 5.07. The summed E-state index contributed by atoms with van der Waals surface area (Å²) in [6.07, 6.45) is 0. The molecule has 1 amide bonds. The summed E-state index contributed by atoms with van der Waals surface area (Å²) in [5.41, 5.74) is 2.78. The molecule has 0 unspecified atom stereocenters. The molecule has 0 saturated carbocycles. The van der Waals surface area contributed by atoms with Gasteiger partial charge in [-0.1, -0.05) is 17.9 Å². The van der Waals surface area contributed by atoms with E-state index in [-0.39, 0.29) is 12.5 Å². The average molecular weight is 217 g/mol. The van der Waals surface area contributed by atoms with Gasteiger partial charge in [0, 0.05) is 12.5 Å². The SMILES string of the molecule is CC(=O)NCC#Cc1ccc(C)c(CO)c1. The quantitative estimate of drug-likeness (QED) is 0.725. The number of hydrogen-bond donors (Lipinski definition) is 2. The summed E-state index contributed by atoms with van der Waals surface area (Å²) >= 11 is 0. The van der Waals surface area contributed by atoms with Gasteiger partial charge in [0.1, 0.15) is 0 Å². The Morgan fingerprint density at radius 1 is 1.50 bits per heavy atom. The number of rotatable bonds is 2. The van der Waals surface area contributed by atoms with E-state index in [2.05, 4.69) is 17.2 Å². The summed E-state index contributed by atoms with van der Waals surface area (Å²) in [6, 6.07) is 5.68. The highest BCUT2D eigenvalue weighted by Gasteiger charge is 1.96. The lowest BCUT2D eigenvalue weighted by molar-refractivity contribution is -0.118. The van der Waals surface area contributed by atoms with Gasteiger partial charge in [-0.15, -0.1) is 0 Å². The zero-order valence-corrected chi connectivity index (χ0v) is 9.50. The Hall–Kier alpha value is -1.79. The van der Waals surface area contributed by atoms with Gasteiger partial charge in [0.25, 0.3) is 0 Å². The van der Waals surface area contributed by atoms with Crippen LogP contribution in [-0.4, -0.2) is 17.6 Å². The van der Waals surface area contributed by atoms with Crippen molar-refractivity contribution in [2.75, 3.05) is 6.54 Å². The lowest BCUT2D eigenvalue weighted by Gasteiger charge is -2.01. The van der Waals surface area contributed by atoms with Crippen molar-refractivity contribution in [3.63, 3.8) is 0 Å². The first-order valence-electron chi connectivity index (χ1n) is 5.07. The third kappa shape index (κ3) is 3.76. The summed E-state index contributed by atoms with van der Waals surface area (Å²) in [6.45, 7) is 3.77. The van der Waals surface area contributed by atoms with Crippen molar-refractivity contribution in [1.82, 2.24) is 5.32 Å². The third-order valence-corrected chi connectivity index (χ3v) is 2.18. The largest absolute Gasteiger partial charge is 0.392 e. The molecule has 0 heterocycles. The van der Waals surface area contributed by atoms with Crippen LogP contribution in [0.15, 0.2) is 18.2 Å². The standard InChI is InChI=1S/C13H15NO2/c1-10-5-6-12(8-13(10)9-15)4-3-7-14-11(2)16/h5-6,8,15H,7,9H2,1-2H3,(H,14,16). The Kier molecular flexibility index (Phi) is 4.56. The summed E-state index contributed by atoms with van der Waals surface area (Å²) in [5, 5.41) is 11.7. The smallest absolute Gasteiger partial charge is 0.217 e. The number of carbonyl (C=O) groups excluding carboxylic acids is 1. The molecular formula is C13H15NO2. The maximum Gasteiger partial charge on any atom is 0.217 e. The molecule has 0 aliphatic heterocycles. The van der Waals surface area contributed by atoms with Gasteiger partial charge in [0.2, 0.25) is 5.91 Å². The van der Waals surface area contributed by atoms with Gasteiger partial charge in [-0.05, 0) is 30.2 Å². The molecule has 1 aromatic carbocycles. The Bertz CT molecular complexity index is 441. The predicted molar refractivity (Wildman–Crippen MR) is 62.7 cm³/mol. The second kappa shape index (κ2) is 5.94. The van der Waals surface area contributed by atoms with Crippen LogP contribution in [0, 0.1) is 18.8 Å². The van der Waals surface area contributed by atoms with E-state index in [1.807, 2.05) is 25.1 Å². The molecule has 0 aliphatic carbocycles. The zero-order valence-electron chi connectivity index (χ0n) is 9.50. The van der Waals surface area contributed by atoms with Gasteiger partial charge in [-0.3, -0.25) is 4.79 Å². The maximum atomic E-state index is 10.6. The van der Waals surface area contributed by atoms with Gasteiger partial charge >= 0.3 is 0 Å². The molecule has 84 valence electrons. The van der Waals surface area contributed by atoms with Gasteiger partial charge in [-0.25, -0.2) is 0 Å². The molecule has 0 spiro atoms. The van der Waals surface area contributed by atoms with Crippen LogP contribution >= 0.6 is 0 Å². The van der Waals surface area contributed by atoms with E-state index in [0.29, 0.717) is 6.54 Å². The predicted octanol–water partition coefficient (Wildman–Crippen LogP) is 0.975. The Morgan fingerprint density at radius 2 is 2.25 bits per heavy atom. The second-order valence-corrected chi connectivity index (χ2v) is 3.51. The van der Waals surface area contributed by atoms with Crippen LogP contribution in [0.3, 0.4) is 0 Å². The molecular weight excluding hydrogens is 202 g/mol. The van der Waals surface area contributed by atoms with E-state index in [9.17, 15) is 4.79 Å². The van der Waals surface area contributed by atoms with Crippen molar-refractivity contribution in [3.8, 4) is 11.8 Å². The number of aliphatic hydroxyl groups excluding tert-OH is 1. The second-order valence-electron chi connectivity index (χ2n) is 3.51. The first-order chi connectivity index (χ1) is 7.63. The molecule has 1 aromatic rings. The van der Waals surface area contributed by atoms with Crippen molar-refractivity contribution < 1.29 is 9.90 Å². The molecule has 3 nitrogen and oxygen atoms in total. The van der Waals surface area contributed by atoms with Crippen LogP contribution < -0.4 is 5.32 Å². The number of aryl methyl sites for hydroxylation is 1. The van der Waals surface area contributed by atoms with Gasteiger partial charge in [0.05, 0.1) is 13.2 Å². The van der Waals surface area contributed by atoms with Crippen molar-refractivity contribution in [2.45, 2.75) is 20.5 Å². The minimum absolute atomic E-state index is 0.0209. The van der Waals surface area contributed by atoms with E-state index in [1.165, 1.54) is 6.92 Å². The summed E-state index contributed by atoms with van der Waals surface area (Å²) in [7, 11) is 0. The molecule has 0 aliphatic rings. The number of nitrogens with one attached hydrogen (secondary N) is 1. The van der Waals surface area contributed by atoms with E-state index in [4.69, 9.17) is 5.11 Å². The fourth-order valence-corrected chi connectivity index (χ4v) is 1.23. The average Bonchev–Trinajstić information content (AvgIpc) is 2.26. The normalized spacial score (nSPS) is 9.19. The number of carbonyl (C=O) groups is 1. The number of benzene rings is 1. The van der Waals surface area contributed by atoms with Crippen molar-refractivity contribution in [3.05, 3.63) is 34.9 Å². The maximum absolute atomic E-state index is 10.6. The van der Waals surface area contributed by atoms with E-state index in [1.54, 1.807) is 0 Å². The van der Waals surface area contributed by atoms with E-state index >= 15 is 0 Å². The lowest BCUT2D eigenvalue weighted by atomic mass is 10.1. The zero-order chi connectivity index (χ0) is 12.0. The number of hydrogen-bond acceptors (Lipinski definition) is 2. The summed E-state index contributed by atoms with van der Waals surface area (Å²) in [5.74, 6) is 5.68. The minimum atomic E-state index is -0.0887. The number of amides is 1. The van der Waals surface area contributed by atoms with Crippen LogP contribution in [0.2, 0.25) is 0 Å². The van der Waals surface area contributed by atoms with Gasteiger partial charge in [-0.2, -0.15) is 0 Å². The monoisotopic (exact) mass is 217 g/mol. The van der Waals surface area contributed by atoms with Crippen LogP contribution in [0.25, 0.3) is 0 Å². The van der Waals surface area contributed by atoms with Crippen molar-refractivity contribution in [2.24, 2.45) is 0 Å². The Morgan fingerprint density at radius 3 is 2.88 bits per heavy atom. The topological polar surface area (TPSA) is 49.3 Å². The highest BCUT2D eigenvalue weighted by molar-refractivity contribution is 5.73. The van der Waals surface area contributed by atoms with Crippen LogP contribution in [0.1, 0.15) is 23.6 Å². The van der Waals surface area contributed by atoms with Gasteiger partial charge in [0.15, 0.2) is 0 Å². The molecule has 0 bridgehead atoms. The molecule has 16 heavy (non-hydrogen) atoms. The molecule has 3 heteroatoms. The molecule has 0 radical (unpaired) electrons. The molecule has 0 atom stereocenters. The fraction of sp³-hybridized carbons (Fsp3) is 0.308. The Balaban J connectivity index is 2.70. The summed E-state index contributed by atoms with van der Waals surface area (Å²) in [4.78, 5) is 10.6. The highest BCUT2D eigenvalue weighted by Crippen LogP contribution is 2.10.